The summed E-state index contributed by atoms with van der Waals surface area (Å²) in [6.07, 6.45) is 12.6. The Morgan fingerprint density at radius 2 is 1.87 bits per heavy atom. The number of ether oxygens (including phenoxy) is 1. The number of allylic oxidation sites excluding steroid dienone is 2. The smallest absolute Gasteiger partial charge is 0.331 e. The molecule has 3 heteroatoms. The van der Waals surface area contributed by atoms with Crippen molar-refractivity contribution in [3.8, 4) is 0 Å². The second-order valence-electron chi connectivity index (χ2n) is 5.61. The molecule has 1 aromatic rings. The van der Waals surface area contributed by atoms with Crippen molar-refractivity contribution in [2.45, 2.75) is 58.2 Å². The van der Waals surface area contributed by atoms with E-state index < -0.39 is 6.10 Å². The molecule has 0 fully saturated rings. The Hall–Kier alpha value is -1.87. The topological polar surface area (TPSA) is 46.5 Å². The molecule has 0 bridgehead atoms. The highest BCUT2D eigenvalue weighted by atomic mass is 16.5. The van der Waals surface area contributed by atoms with Crippen molar-refractivity contribution in [2.75, 3.05) is 0 Å². The Morgan fingerprint density at radius 3 is 2.61 bits per heavy atom. The van der Waals surface area contributed by atoms with E-state index in [1.165, 1.54) is 31.8 Å². The maximum absolute atomic E-state index is 11.5. The van der Waals surface area contributed by atoms with Gasteiger partial charge >= 0.3 is 5.97 Å². The summed E-state index contributed by atoms with van der Waals surface area (Å²) in [5, 5.41) is 9.79. The largest absolute Gasteiger partial charge is 0.458 e. The number of carbonyl (C=O) groups is 1. The van der Waals surface area contributed by atoms with Crippen LogP contribution in [0.1, 0.15) is 51.0 Å². The Balaban J connectivity index is 2.14. The van der Waals surface area contributed by atoms with Gasteiger partial charge in [0, 0.05) is 6.08 Å². The van der Waals surface area contributed by atoms with Gasteiger partial charge in [0.2, 0.25) is 0 Å². The van der Waals surface area contributed by atoms with Gasteiger partial charge in [-0.2, -0.15) is 0 Å². The molecule has 1 N–H and O–H groups in total. The summed E-state index contributed by atoms with van der Waals surface area (Å²) in [7, 11) is 0. The van der Waals surface area contributed by atoms with Crippen molar-refractivity contribution in [3.05, 3.63) is 60.2 Å². The lowest BCUT2D eigenvalue weighted by Gasteiger charge is -2.04. The highest BCUT2D eigenvalue weighted by molar-refractivity contribution is 5.82. The Morgan fingerprint density at radius 1 is 1.13 bits per heavy atom. The fourth-order valence-corrected chi connectivity index (χ4v) is 2.16. The molecule has 0 radical (unpaired) electrons. The predicted octanol–water partition coefficient (Wildman–Crippen LogP) is 4.56. The van der Waals surface area contributed by atoms with Crippen LogP contribution < -0.4 is 0 Å². The number of aliphatic hydroxyl groups is 1. The molecule has 1 atom stereocenters. The number of hydrogen-bond acceptors (Lipinski definition) is 3. The highest BCUT2D eigenvalue weighted by Crippen LogP contribution is 2.08. The molecular formula is C20H28O3. The molecule has 0 heterocycles. The monoisotopic (exact) mass is 316 g/mol. The van der Waals surface area contributed by atoms with Crippen LogP contribution in [0.3, 0.4) is 0 Å². The normalized spacial score (nSPS) is 12.8. The lowest BCUT2D eigenvalue weighted by molar-refractivity contribution is -0.139. The molecule has 0 saturated heterocycles. The zero-order valence-electron chi connectivity index (χ0n) is 14.0. The maximum atomic E-state index is 11.5. The molecule has 0 amide bonds. The van der Waals surface area contributed by atoms with E-state index in [2.05, 4.69) is 6.92 Å². The van der Waals surface area contributed by atoms with Gasteiger partial charge in [0.1, 0.15) is 6.61 Å². The average Bonchev–Trinajstić information content (AvgIpc) is 2.57. The van der Waals surface area contributed by atoms with E-state index in [-0.39, 0.29) is 12.6 Å². The van der Waals surface area contributed by atoms with E-state index >= 15 is 0 Å². The van der Waals surface area contributed by atoms with Crippen LogP contribution in [0.25, 0.3) is 0 Å². The molecule has 0 saturated carbocycles. The summed E-state index contributed by atoms with van der Waals surface area (Å²) < 4.78 is 5.12. The number of rotatable bonds is 11. The molecule has 23 heavy (non-hydrogen) atoms. The Bertz CT molecular complexity index is 477. The summed E-state index contributed by atoms with van der Waals surface area (Å²) in [6.45, 7) is 2.46. The van der Waals surface area contributed by atoms with E-state index in [0.717, 1.165) is 18.4 Å². The molecule has 0 aliphatic carbocycles. The van der Waals surface area contributed by atoms with Gasteiger partial charge in [-0.25, -0.2) is 4.79 Å². The first-order valence-electron chi connectivity index (χ1n) is 8.46. The van der Waals surface area contributed by atoms with Crippen LogP contribution in [0.15, 0.2) is 54.6 Å². The minimum absolute atomic E-state index is 0.272. The van der Waals surface area contributed by atoms with Gasteiger partial charge in [-0.3, -0.25) is 0 Å². The predicted molar refractivity (Wildman–Crippen MR) is 93.9 cm³/mol. The van der Waals surface area contributed by atoms with Crippen molar-refractivity contribution >= 4 is 5.97 Å². The summed E-state index contributed by atoms with van der Waals surface area (Å²) in [6, 6.07) is 9.56. The lowest BCUT2D eigenvalue weighted by Crippen LogP contribution is -2.01. The van der Waals surface area contributed by atoms with Crippen LogP contribution in [0, 0.1) is 0 Å². The number of benzene rings is 1. The third-order valence-electron chi connectivity index (χ3n) is 3.50. The van der Waals surface area contributed by atoms with E-state index in [1.807, 2.05) is 30.3 Å². The van der Waals surface area contributed by atoms with Gasteiger partial charge in [-0.15, -0.1) is 0 Å². The molecule has 0 aliphatic rings. The van der Waals surface area contributed by atoms with Crippen molar-refractivity contribution < 1.29 is 14.6 Å². The highest BCUT2D eigenvalue weighted by Gasteiger charge is 1.99. The summed E-state index contributed by atoms with van der Waals surface area (Å²) >= 11 is 0. The maximum Gasteiger partial charge on any atom is 0.331 e. The van der Waals surface area contributed by atoms with Gasteiger partial charge < -0.3 is 9.84 Å². The zero-order valence-corrected chi connectivity index (χ0v) is 14.0. The van der Waals surface area contributed by atoms with Gasteiger partial charge in [0.05, 0.1) is 6.10 Å². The van der Waals surface area contributed by atoms with Crippen molar-refractivity contribution in [1.29, 1.82) is 0 Å². The standard InChI is InChI=1S/C20H28O3/c1-2-3-4-5-9-14-19(21)15-10-11-16-20(22)23-17-18-12-7-6-8-13-18/h6-8,10-13,15-16,19,21H,2-5,9,14,17H2,1H3/b15-10-,16-11+/t19-/m1/s1. The first-order chi connectivity index (χ1) is 11.2. The van der Waals surface area contributed by atoms with E-state index in [9.17, 15) is 9.90 Å². The van der Waals surface area contributed by atoms with Gasteiger partial charge in [0.25, 0.3) is 0 Å². The second kappa shape index (κ2) is 12.7. The summed E-state index contributed by atoms with van der Waals surface area (Å²) in [5.41, 5.74) is 0.961. The number of hydrogen-bond donors (Lipinski definition) is 1. The van der Waals surface area contributed by atoms with Crippen molar-refractivity contribution in [1.82, 2.24) is 0 Å². The summed E-state index contributed by atoms with van der Waals surface area (Å²) in [5.74, 6) is -0.382. The van der Waals surface area contributed by atoms with Crippen molar-refractivity contribution in [2.24, 2.45) is 0 Å². The number of esters is 1. The molecule has 0 aliphatic heterocycles. The molecule has 0 spiro atoms. The minimum Gasteiger partial charge on any atom is -0.458 e. The van der Waals surface area contributed by atoms with Crippen LogP contribution in [0.4, 0.5) is 0 Å². The Labute approximate surface area is 139 Å². The van der Waals surface area contributed by atoms with Gasteiger partial charge in [0.15, 0.2) is 0 Å². The summed E-state index contributed by atoms with van der Waals surface area (Å²) in [4.78, 5) is 11.5. The van der Waals surface area contributed by atoms with E-state index in [1.54, 1.807) is 18.2 Å². The third kappa shape index (κ3) is 10.5. The SMILES string of the molecule is CCCCCCC[C@@H](O)/C=C\C=C\C(=O)OCc1ccccc1. The molecule has 126 valence electrons. The van der Waals surface area contributed by atoms with Crippen LogP contribution in [0.5, 0.6) is 0 Å². The minimum atomic E-state index is -0.443. The fraction of sp³-hybridized carbons (Fsp3) is 0.450. The first-order valence-corrected chi connectivity index (χ1v) is 8.46. The lowest BCUT2D eigenvalue weighted by atomic mass is 10.1. The van der Waals surface area contributed by atoms with Crippen LogP contribution in [-0.4, -0.2) is 17.2 Å². The van der Waals surface area contributed by atoms with E-state index in [4.69, 9.17) is 4.74 Å². The molecule has 0 aromatic heterocycles. The Kier molecular flexibility index (Phi) is 10.5. The quantitative estimate of drug-likeness (QED) is 0.282. The van der Waals surface area contributed by atoms with Crippen LogP contribution >= 0.6 is 0 Å². The number of carbonyl (C=O) groups excluding carboxylic acids is 1. The van der Waals surface area contributed by atoms with Gasteiger partial charge in [-0.05, 0) is 12.0 Å². The molecule has 1 rings (SSSR count). The third-order valence-corrected chi connectivity index (χ3v) is 3.50. The molecule has 1 aromatic carbocycles. The first kappa shape index (κ1) is 19.2. The average molecular weight is 316 g/mol. The van der Waals surface area contributed by atoms with Crippen LogP contribution in [0.2, 0.25) is 0 Å². The number of aliphatic hydroxyl groups excluding tert-OH is 1. The van der Waals surface area contributed by atoms with Gasteiger partial charge in [-0.1, -0.05) is 87.6 Å². The van der Waals surface area contributed by atoms with Crippen LogP contribution in [-0.2, 0) is 16.1 Å². The molecule has 0 unspecified atom stereocenters. The molecule has 3 nitrogen and oxygen atoms in total. The number of unbranched alkanes of at least 4 members (excludes halogenated alkanes) is 4. The van der Waals surface area contributed by atoms with E-state index in [0.29, 0.717) is 0 Å². The fourth-order valence-electron chi connectivity index (χ4n) is 2.16. The zero-order chi connectivity index (χ0) is 16.8. The van der Waals surface area contributed by atoms with Crippen molar-refractivity contribution in [3.63, 3.8) is 0 Å². The second-order valence-corrected chi connectivity index (χ2v) is 5.61. The molecular weight excluding hydrogens is 288 g/mol.